The zero-order valence-electron chi connectivity index (χ0n) is 18.4. The Bertz CT molecular complexity index is 1380. The van der Waals surface area contributed by atoms with E-state index < -0.39 is 17.8 Å². The van der Waals surface area contributed by atoms with Crippen molar-refractivity contribution in [2.24, 2.45) is 0 Å². The van der Waals surface area contributed by atoms with Crippen molar-refractivity contribution in [3.63, 3.8) is 0 Å². The predicted octanol–water partition coefficient (Wildman–Crippen LogP) is 2.24. The lowest BCUT2D eigenvalue weighted by atomic mass is 10.1. The van der Waals surface area contributed by atoms with E-state index in [0.717, 1.165) is 6.07 Å². The largest absolute Gasteiger partial charge is 0.418 e. The van der Waals surface area contributed by atoms with Gasteiger partial charge in [-0.15, -0.1) is 5.10 Å². The van der Waals surface area contributed by atoms with Crippen molar-refractivity contribution in [3.05, 3.63) is 36.2 Å². The Morgan fingerprint density at radius 1 is 1.21 bits per heavy atom. The number of halogens is 3. The number of nitrogens with one attached hydrogen (secondary N) is 3. The number of para-hydroxylation sites is 1. The van der Waals surface area contributed by atoms with Gasteiger partial charge in [-0.3, -0.25) is 9.48 Å². The number of amides is 1. The van der Waals surface area contributed by atoms with Gasteiger partial charge in [-0.05, 0) is 26.0 Å². The van der Waals surface area contributed by atoms with Crippen LogP contribution in [0.25, 0.3) is 27.9 Å². The molecule has 3 N–H and O–H groups in total. The van der Waals surface area contributed by atoms with Crippen LogP contribution in [0.1, 0.15) is 25.5 Å². The smallest absolute Gasteiger partial charge is 0.353 e. The fourth-order valence-corrected chi connectivity index (χ4v) is 3.82. The number of fused-ring (bicyclic) bond motifs is 3. The molecule has 1 aromatic carbocycles. The van der Waals surface area contributed by atoms with Crippen LogP contribution in [0, 0.1) is 0 Å². The lowest BCUT2D eigenvalue weighted by molar-refractivity contribution is -0.136. The summed E-state index contributed by atoms with van der Waals surface area (Å²) in [6.07, 6.45) is -1.25. The average molecular weight is 473 g/mol. The molecular weight excluding hydrogens is 451 g/mol. The van der Waals surface area contributed by atoms with E-state index in [4.69, 9.17) is 0 Å². The van der Waals surface area contributed by atoms with Gasteiger partial charge >= 0.3 is 6.18 Å². The lowest BCUT2D eigenvalue weighted by Crippen LogP contribution is -2.42. The van der Waals surface area contributed by atoms with E-state index in [1.807, 2.05) is 13.8 Å². The third-order valence-electron chi connectivity index (χ3n) is 5.57. The Morgan fingerprint density at radius 2 is 2.03 bits per heavy atom. The second-order valence-electron chi connectivity index (χ2n) is 8.30. The number of alkyl halides is 3. The molecule has 178 valence electrons. The van der Waals surface area contributed by atoms with E-state index >= 15 is 0 Å². The highest BCUT2D eigenvalue weighted by molar-refractivity contribution is 5.95. The number of hydrogen-bond donors (Lipinski definition) is 3. The summed E-state index contributed by atoms with van der Waals surface area (Å²) in [5, 5.41) is 17.8. The monoisotopic (exact) mass is 473 g/mol. The molecule has 0 spiro atoms. The van der Waals surface area contributed by atoms with Crippen LogP contribution in [0.15, 0.2) is 30.6 Å². The first-order valence-corrected chi connectivity index (χ1v) is 10.8. The highest BCUT2D eigenvalue weighted by Gasteiger charge is 2.34. The van der Waals surface area contributed by atoms with Crippen LogP contribution in [0.5, 0.6) is 0 Å². The molecule has 0 aliphatic carbocycles. The molecule has 0 bridgehead atoms. The highest BCUT2D eigenvalue weighted by Crippen LogP contribution is 2.36. The van der Waals surface area contributed by atoms with E-state index in [0.29, 0.717) is 18.7 Å². The third-order valence-corrected chi connectivity index (χ3v) is 5.57. The topological polar surface area (TPSA) is 114 Å². The second kappa shape index (κ2) is 8.24. The van der Waals surface area contributed by atoms with Crippen molar-refractivity contribution in [2.75, 3.05) is 25.0 Å². The van der Waals surface area contributed by atoms with Crippen LogP contribution < -0.4 is 16.0 Å². The van der Waals surface area contributed by atoms with Crippen molar-refractivity contribution in [1.82, 2.24) is 40.0 Å². The van der Waals surface area contributed by atoms with E-state index in [2.05, 4.69) is 36.1 Å². The SMILES string of the molecule is CC(C)n1cc(-c2nc3c4cccc(C(F)(F)F)c4nc(N[C@@H]4CNCCNC4=O)n3n2)cn1. The molecule has 5 rings (SSSR count). The maximum absolute atomic E-state index is 13.8. The molecule has 1 fully saturated rings. The first kappa shape index (κ1) is 22.1. The van der Waals surface area contributed by atoms with Gasteiger partial charge in [0, 0.05) is 37.3 Å². The molecule has 0 radical (unpaired) electrons. The van der Waals surface area contributed by atoms with Crippen molar-refractivity contribution >= 4 is 28.4 Å². The van der Waals surface area contributed by atoms with Crippen LogP contribution in [-0.4, -0.2) is 60.9 Å². The summed E-state index contributed by atoms with van der Waals surface area (Å²) in [5.74, 6) is -0.0224. The molecule has 1 aliphatic heterocycles. The van der Waals surface area contributed by atoms with Crippen LogP contribution >= 0.6 is 0 Å². The molecule has 34 heavy (non-hydrogen) atoms. The number of carbonyl (C=O) groups is 1. The molecule has 1 saturated heterocycles. The maximum Gasteiger partial charge on any atom is 0.418 e. The molecule has 13 heteroatoms. The number of aromatic nitrogens is 6. The summed E-state index contributed by atoms with van der Waals surface area (Å²) in [6, 6.07) is 3.16. The van der Waals surface area contributed by atoms with Crippen LogP contribution in [0.3, 0.4) is 0 Å². The van der Waals surface area contributed by atoms with Crippen molar-refractivity contribution < 1.29 is 18.0 Å². The maximum atomic E-state index is 13.8. The lowest BCUT2D eigenvalue weighted by Gasteiger charge is -2.17. The van der Waals surface area contributed by atoms with Crippen molar-refractivity contribution in [3.8, 4) is 11.4 Å². The summed E-state index contributed by atoms with van der Waals surface area (Å²) < 4.78 is 44.4. The van der Waals surface area contributed by atoms with Gasteiger partial charge in [0.2, 0.25) is 11.9 Å². The van der Waals surface area contributed by atoms with Gasteiger partial charge in [0.25, 0.3) is 0 Å². The van der Waals surface area contributed by atoms with Crippen molar-refractivity contribution in [1.29, 1.82) is 0 Å². The quantitative estimate of drug-likeness (QED) is 0.417. The summed E-state index contributed by atoms with van der Waals surface area (Å²) in [4.78, 5) is 21.3. The summed E-state index contributed by atoms with van der Waals surface area (Å²) in [6.45, 7) is 5.24. The molecule has 1 aliphatic rings. The zero-order valence-corrected chi connectivity index (χ0v) is 18.4. The van der Waals surface area contributed by atoms with Gasteiger partial charge in [0.1, 0.15) is 6.04 Å². The standard InChI is InChI=1S/C21H22F3N9O/c1-11(2)32-10-12(8-27-32)17-30-18-13-4-3-5-14(21(22,23)24)16(13)29-20(33(18)31-17)28-15-9-25-6-7-26-19(15)34/h3-5,8,10-11,15,25H,6-7,9H2,1-2H3,(H,26,34)(H,28,29)/t15-/m1/s1. The van der Waals surface area contributed by atoms with Gasteiger partial charge in [-0.1, -0.05) is 6.07 Å². The van der Waals surface area contributed by atoms with E-state index in [1.165, 1.54) is 16.6 Å². The van der Waals surface area contributed by atoms with Crippen LogP contribution in [-0.2, 0) is 11.0 Å². The Labute approximate surface area is 191 Å². The molecule has 0 saturated carbocycles. The Balaban J connectivity index is 1.71. The van der Waals surface area contributed by atoms with E-state index in [1.54, 1.807) is 17.1 Å². The summed E-state index contributed by atoms with van der Waals surface area (Å²) in [7, 11) is 0. The normalized spacial score (nSPS) is 17.4. The van der Waals surface area contributed by atoms with Crippen LogP contribution in [0.4, 0.5) is 19.1 Å². The zero-order chi connectivity index (χ0) is 24.0. The Kier molecular flexibility index (Phi) is 5.35. The van der Waals surface area contributed by atoms with Crippen molar-refractivity contribution in [2.45, 2.75) is 32.1 Å². The molecular formula is C21H22F3N9O. The number of rotatable bonds is 4. The highest BCUT2D eigenvalue weighted by atomic mass is 19.4. The van der Waals surface area contributed by atoms with Crippen LogP contribution in [0.2, 0.25) is 0 Å². The summed E-state index contributed by atoms with van der Waals surface area (Å²) >= 11 is 0. The minimum Gasteiger partial charge on any atom is -0.353 e. The van der Waals surface area contributed by atoms with Gasteiger partial charge < -0.3 is 16.0 Å². The van der Waals surface area contributed by atoms with Gasteiger partial charge in [0.15, 0.2) is 11.5 Å². The molecule has 0 unspecified atom stereocenters. The van der Waals surface area contributed by atoms with E-state index in [-0.39, 0.29) is 46.8 Å². The minimum absolute atomic E-state index is 0.0157. The first-order valence-electron chi connectivity index (χ1n) is 10.8. The predicted molar refractivity (Wildman–Crippen MR) is 118 cm³/mol. The molecule has 3 aromatic heterocycles. The number of carbonyl (C=O) groups excluding carboxylic acids is 1. The average Bonchev–Trinajstić information content (AvgIpc) is 3.40. The fourth-order valence-electron chi connectivity index (χ4n) is 3.82. The molecule has 4 aromatic rings. The Morgan fingerprint density at radius 3 is 2.76 bits per heavy atom. The third kappa shape index (κ3) is 3.91. The number of benzene rings is 1. The second-order valence-corrected chi connectivity index (χ2v) is 8.30. The number of anilines is 1. The first-order chi connectivity index (χ1) is 16.2. The molecule has 10 nitrogen and oxygen atoms in total. The summed E-state index contributed by atoms with van der Waals surface area (Å²) in [5.41, 5.74) is -0.370. The van der Waals surface area contributed by atoms with E-state index in [9.17, 15) is 18.0 Å². The Hall–Kier alpha value is -3.74. The van der Waals surface area contributed by atoms with Gasteiger partial charge in [-0.2, -0.15) is 22.8 Å². The molecule has 1 atom stereocenters. The fraction of sp³-hybridized carbons (Fsp3) is 0.381. The molecule has 1 amide bonds. The number of hydrogen-bond acceptors (Lipinski definition) is 7. The minimum atomic E-state index is -4.62. The molecule has 4 heterocycles. The number of nitrogens with zero attached hydrogens (tertiary/aromatic N) is 6. The van der Waals surface area contributed by atoms with Gasteiger partial charge in [-0.25, -0.2) is 9.97 Å². The van der Waals surface area contributed by atoms with Gasteiger partial charge in [0.05, 0.1) is 22.8 Å².